The molecule has 0 radical (unpaired) electrons. The quantitative estimate of drug-likeness (QED) is 0.660. The van der Waals surface area contributed by atoms with E-state index >= 15 is 0 Å². The molecule has 0 aliphatic carbocycles. The molecule has 0 unspecified atom stereocenters. The number of rotatable bonds is 7. The van der Waals surface area contributed by atoms with Gasteiger partial charge in [0, 0.05) is 19.2 Å². The average molecular weight is 365 g/mol. The van der Waals surface area contributed by atoms with Crippen LogP contribution in [0.25, 0.3) is 0 Å². The summed E-state index contributed by atoms with van der Waals surface area (Å²) in [5.74, 6) is 0.762. The maximum Gasteiger partial charge on any atom is 0.251 e. The number of hydrogen-bond acceptors (Lipinski definition) is 3. The largest absolute Gasteiger partial charge is 0.457 e. The van der Waals surface area contributed by atoms with Crippen molar-refractivity contribution in [2.24, 2.45) is 0 Å². The topological polar surface area (TPSA) is 47.6 Å². The van der Waals surface area contributed by atoms with Gasteiger partial charge < -0.3 is 14.8 Å². The van der Waals surface area contributed by atoms with E-state index in [4.69, 9.17) is 9.47 Å². The molecule has 1 amide bonds. The van der Waals surface area contributed by atoms with Crippen molar-refractivity contribution in [2.75, 3.05) is 7.11 Å². The van der Waals surface area contributed by atoms with Gasteiger partial charge in [0.1, 0.15) is 17.3 Å². The number of hydrogen-bond donors (Lipinski definition) is 1. The summed E-state index contributed by atoms with van der Waals surface area (Å²) in [4.78, 5) is 12.3. The molecule has 0 aromatic heterocycles. The highest BCUT2D eigenvalue weighted by Crippen LogP contribution is 2.21. The molecule has 0 spiro atoms. The lowest BCUT2D eigenvalue weighted by atomic mass is 10.1. The van der Waals surface area contributed by atoms with Crippen molar-refractivity contribution in [2.45, 2.75) is 13.2 Å². The summed E-state index contributed by atoms with van der Waals surface area (Å²) in [6, 6.07) is 20.6. The number of amides is 1. The Hall–Kier alpha value is -3.18. The highest BCUT2D eigenvalue weighted by molar-refractivity contribution is 5.94. The van der Waals surface area contributed by atoms with E-state index in [0.29, 0.717) is 30.2 Å². The maximum atomic E-state index is 12.9. The number of carbonyl (C=O) groups excluding carboxylic acids is 1. The van der Waals surface area contributed by atoms with Crippen molar-refractivity contribution in [3.05, 3.63) is 95.3 Å². The molecule has 0 saturated heterocycles. The fraction of sp³-hybridized carbons (Fsp3) is 0.136. The van der Waals surface area contributed by atoms with Crippen LogP contribution in [0.5, 0.6) is 11.5 Å². The van der Waals surface area contributed by atoms with Crippen LogP contribution < -0.4 is 10.1 Å². The molecule has 27 heavy (non-hydrogen) atoms. The van der Waals surface area contributed by atoms with Crippen molar-refractivity contribution in [3.8, 4) is 11.5 Å². The Balaban J connectivity index is 1.56. The van der Waals surface area contributed by atoms with Crippen LogP contribution in [0, 0.1) is 5.82 Å². The average Bonchev–Trinajstić information content (AvgIpc) is 2.69. The molecule has 0 heterocycles. The Morgan fingerprint density at radius 1 is 0.926 bits per heavy atom. The van der Waals surface area contributed by atoms with Gasteiger partial charge in [-0.05, 0) is 59.7 Å². The Morgan fingerprint density at radius 2 is 1.59 bits per heavy atom. The van der Waals surface area contributed by atoms with Gasteiger partial charge in [0.05, 0.1) is 6.61 Å². The monoisotopic (exact) mass is 365 g/mol. The van der Waals surface area contributed by atoms with Gasteiger partial charge in [-0.15, -0.1) is 0 Å². The fourth-order valence-corrected chi connectivity index (χ4v) is 2.57. The van der Waals surface area contributed by atoms with Crippen LogP contribution >= 0.6 is 0 Å². The van der Waals surface area contributed by atoms with Gasteiger partial charge in [0.25, 0.3) is 5.91 Å². The zero-order valence-electron chi connectivity index (χ0n) is 14.9. The predicted octanol–water partition coefficient (Wildman–Crippen LogP) is 4.69. The summed E-state index contributed by atoms with van der Waals surface area (Å²) in [5.41, 5.74) is 2.50. The molecule has 1 N–H and O–H groups in total. The van der Waals surface area contributed by atoms with E-state index in [1.807, 2.05) is 42.5 Å². The van der Waals surface area contributed by atoms with Crippen LogP contribution in [0.4, 0.5) is 4.39 Å². The van der Waals surface area contributed by atoms with Gasteiger partial charge in [0.15, 0.2) is 0 Å². The van der Waals surface area contributed by atoms with Crippen LogP contribution in [-0.4, -0.2) is 13.0 Å². The second-order valence-electron chi connectivity index (χ2n) is 6.02. The number of benzene rings is 3. The standard InChI is InChI=1S/C22H20FNO3/c1-26-15-17-3-2-4-18(13-17)22(25)24-14-16-5-9-20(10-6-16)27-21-11-7-19(23)8-12-21/h2-13H,14-15H2,1H3,(H,24,25). The normalized spacial score (nSPS) is 10.4. The summed E-state index contributed by atoms with van der Waals surface area (Å²) in [6.45, 7) is 0.876. The zero-order valence-corrected chi connectivity index (χ0v) is 14.9. The van der Waals surface area contributed by atoms with Gasteiger partial charge in [0.2, 0.25) is 0 Å². The van der Waals surface area contributed by atoms with Gasteiger partial charge in [-0.1, -0.05) is 24.3 Å². The number of methoxy groups -OCH3 is 1. The molecule has 138 valence electrons. The number of halogens is 1. The summed E-state index contributed by atoms with van der Waals surface area (Å²) in [6.07, 6.45) is 0. The van der Waals surface area contributed by atoms with E-state index < -0.39 is 0 Å². The molecule has 4 nitrogen and oxygen atoms in total. The molecule has 5 heteroatoms. The number of ether oxygens (including phenoxy) is 2. The number of nitrogens with one attached hydrogen (secondary N) is 1. The maximum absolute atomic E-state index is 12.9. The predicted molar refractivity (Wildman–Crippen MR) is 101 cm³/mol. The van der Waals surface area contributed by atoms with Crippen molar-refractivity contribution in [1.82, 2.24) is 5.32 Å². The van der Waals surface area contributed by atoms with E-state index in [1.54, 1.807) is 25.3 Å². The third-order valence-electron chi connectivity index (χ3n) is 3.93. The van der Waals surface area contributed by atoms with E-state index in [-0.39, 0.29) is 11.7 Å². The first-order valence-electron chi connectivity index (χ1n) is 8.52. The van der Waals surface area contributed by atoms with Gasteiger partial charge >= 0.3 is 0 Å². The first kappa shape index (κ1) is 18.6. The lowest BCUT2D eigenvalue weighted by Crippen LogP contribution is -2.22. The van der Waals surface area contributed by atoms with Crippen LogP contribution in [0.2, 0.25) is 0 Å². The highest BCUT2D eigenvalue weighted by atomic mass is 19.1. The molecule has 0 fully saturated rings. The third kappa shape index (κ3) is 5.39. The first-order valence-corrected chi connectivity index (χ1v) is 8.52. The summed E-state index contributed by atoms with van der Waals surface area (Å²) in [5, 5.41) is 2.90. The number of carbonyl (C=O) groups is 1. The summed E-state index contributed by atoms with van der Waals surface area (Å²) < 4.78 is 23.7. The van der Waals surface area contributed by atoms with Crippen LogP contribution in [0.15, 0.2) is 72.8 Å². The minimum Gasteiger partial charge on any atom is -0.457 e. The van der Waals surface area contributed by atoms with Crippen molar-refractivity contribution in [1.29, 1.82) is 0 Å². The minimum atomic E-state index is -0.304. The van der Waals surface area contributed by atoms with Crippen molar-refractivity contribution in [3.63, 3.8) is 0 Å². The molecule has 0 atom stereocenters. The third-order valence-corrected chi connectivity index (χ3v) is 3.93. The molecule has 0 saturated carbocycles. The van der Waals surface area contributed by atoms with Crippen molar-refractivity contribution >= 4 is 5.91 Å². The van der Waals surface area contributed by atoms with E-state index in [2.05, 4.69) is 5.32 Å². The van der Waals surface area contributed by atoms with E-state index in [0.717, 1.165) is 11.1 Å². The Labute approximate surface area is 157 Å². The lowest BCUT2D eigenvalue weighted by molar-refractivity contribution is 0.0950. The molecule has 0 bridgehead atoms. The SMILES string of the molecule is COCc1cccc(C(=O)NCc2ccc(Oc3ccc(F)cc3)cc2)c1. The zero-order chi connectivity index (χ0) is 19.1. The molecule has 0 aliphatic heterocycles. The Bertz CT molecular complexity index is 892. The molecular formula is C22H20FNO3. The molecule has 0 aliphatic rings. The second-order valence-corrected chi connectivity index (χ2v) is 6.02. The van der Waals surface area contributed by atoms with Crippen molar-refractivity contribution < 1.29 is 18.7 Å². The molecule has 3 aromatic rings. The Kier molecular flexibility index (Phi) is 6.18. The van der Waals surface area contributed by atoms with Gasteiger partial charge in [-0.3, -0.25) is 4.79 Å². The van der Waals surface area contributed by atoms with E-state index in [9.17, 15) is 9.18 Å². The molecule has 3 aromatic carbocycles. The van der Waals surface area contributed by atoms with Gasteiger partial charge in [-0.25, -0.2) is 4.39 Å². The molecule has 3 rings (SSSR count). The van der Waals surface area contributed by atoms with Crippen LogP contribution in [0.3, 0.4) is 0 Å². The molecular weight excluding hydrogens is 345 g/mol. The smallest absolute Gasteiger partial charge is 0.251 e. The second kappa shape index (κ2) is 8.96. The highest BCUT2D eigenvalue weighted by Gasteiger charge is 2.06. The summed E-state index contributed by atoms with van der Waals surface area (Å²) in [7, 11) is 1.62. The Morgan fingerprint density at radius 3 is 2.26 bits per heavy atom. The summed E-state index contributed by atoms with van der Waals surface area (Å²) >= 11 is 0. The van der Waals surface area contributed by atoms with Crippen LogP contribution in [-0.2, 0) is 17.9 Å². The first-order chi connectivity index (χ1) is 13.1. The van der Waals surface area contributed by atoms with E-state index in [1.165, 1.54) is 12.1 Å². The lowest BCUT2D eigenvalue weighted by Gasteiger charge is -2.09. The van der Waals surface area contributed by atoms with Crippen LogP contribution in [0.1, 0.15) is 21.5 Å². The fourth-order valence-electron chi connectivity index (χ4n) is 2.57. The minimum absolute atomic E-state index is 0.139. The van der Waals surface area contributed by atoms with Gasteiger partial charge in [-0.2, -0.15) is 0 Å².